The van der Waals surface area contributed by atoms with E-state index in [1.807, 2.05) is 13.1 Å². The van der Waals surface area contributed by atoms with Crippen LogP contribution in [0.3, 0.4) is 0 Å². The zero-order chi connectivity index (χ0) is 14.1. The van der Waals surface area contributed by atoms with Crippen molar-refractivity contribution in [2.45, 2.75) is 45.1 Å². The van der Waals surface area contributed by atoms with Crippen molar-refractivity contribution in [1.29, 1.82) is 0 Å². The van der Waals surface area contributed by atoms with Crippen molar-refractivity contribution in [3.05, 3.63) is 23.5 Å². The van der Waals surface area contributed by atoms with Crippen LogP contribution in [0.1, 0.15) is 48.0 Å². The standard InChI is InChI=1S/C15H19N3O2/c1-9-7-16-13-12(9)11(15(19)20)8-17-14(13)18-10-5-3-2-4-6-10/h7-8,10,16H,2-6H2,1H3,(H,17,18)(H,19,20). The van der Waals surface area contributed by atoms with Crippen LogP contribution in [0.2, 0.25) is 0 Å². The number of hydrogen-bond donors (Lipinski definition) is 3. The Morgan fingerprint density at radius 2 is 2.15 bits per heavy atom. The lowest BCUT2D eigenvalue weighted by molar-refractivity contribution is 0.0698. The molecule has 20 heavy (non-hydrogen) atoms. The maximum Gasteiger partial charge on any atom is 0.337 e. The Balaban J connectivity index is 1.99. The number of aryl methyl sites for hydroxylation is 1. The fraction of sp³-hybridized carbons (Fsp3) is 0.467. The number of nitrogens with zero attached hydrogens (tertiary/aromatic N) is 1. The molecule has 0 aliphatic heterocycles. The molecule has 0 unspecified atom stereocenters. The molecule has 106 valence electrons. The summed E-state index contributed by atoms with van der Waals surface area (Å²) in [5, 5.41) is 13.5. The monoisotopic (exact) mass is 273 g/mol. The number of carbonyl (C=O) groups is 1. The van der Waals surface area contributed by atoms with Gasteiger partial charge in [-0.05, 0) is 25.3 Å². The molecule has 0 saturated heterocycles. The van der Waals surface area contributed by atoms with Gasteiger partial charge in [0.05, 0.1) is 11.1 Å². The molecule has 5 heteroatoms. The number of aromatic amines is 1. The van der Waals surface area contributed by atoms with Crippen molar-refractivity contribution >= 4 is 22.7 Å². The topological polar surface area (TPSA) is 78.0 Å². The highest BCUT2D eigenvalue weighted by Crippen LogP contribution is 2.29. The second-order valence-corrected chi connectivity index (χ2v) is 5.53. The Labute approximate surface area is 117 Å². The first-order valence-corrected chi connectivity index (χ1v) is 7.13. The highest BCUT2D eigenvalue weighted by atomic mass is 16.4. The molecular formula is C15H19N3O2. The summed E-state index contributed by atoms with van der Waals surface area (Å²) in [7, 11) is 0. The SMILES string of the molecule is Cc1c[nH]c2c(NC3CCCCC3)ncc(C(=O)O)c12. The Morgan fingerprint density at radius 1 is 1.40 bits per heavy atom. The molecule has 2 aromatic rings. The molecule has 0 aromatic carbocycles. The predicted octanol–water partition coefficient (Wildman–Crippen LogP) is 3.31. The van der Waals surface area contributed by atoms with Crippen LogP contribution in [0.5, 0.6) is 0 Å². The summed E-state index contributed by atoms with van der Waals surface area (Å²) in [6.45, 7) is 1.91. The van der Waals surface area contributed by atoms with Crippen LogP contribution in [0.4, 0.5) is 5.82 Å². The van der Waals surface area contributed by atoms with Gasteiger partial charge in [0.15, 0.2) is 5.82 Å². The first-order valence-electron chi connectivity index (χ1n) is 7.13. The molecule has 1 aliphatic rings. The first-order chi connectivity index (χ1) is 9.66. The van der Waals surface area contributed by atoms with Gasteiger partial charge in [0, 0.05) is 23.8 Å². The van der Waals surface area contributed by atoms with Crippen molar-refractivity contribution < 1.29 is 9.90 Å². The van der Waals surface area contributed by atoms with Crippen LogP contribution in [0, 0.1) is 6.92 Å². The number of H-pyrrole nitrogens is 1. The zero-order valence-electron chi connectivity index (χ0n) is 11.6. The minimum absolute atomic E-state index is 0.257. The van der Waals surface area contributed by atoms with Crippen molar-refractivity contribution in [2.24, 2.45) is 0 Å². The molecule has 0 radical (unpaired) electrons. The number of carboxylic acid groups (broad SMARTS) is 1. The summed E-state index contributed by atoms with van der Waals surface area (Å²) in [6.07, 6.45) is 9.41. The molecule has 0 bridgehead atoms. The van der Waals surface area contributed by atoms with E-state index in [-0.39, 0.29) is 5.56 Å². The summed E-state index contributed by atoms with van der Waals surface area (Å²) >= 11 is 0. The molecule has 1 aliphatic carbocycles. The number of aromatic nitrogens is 2. The molecule has 1 saturated carbocycles. The van der Waals surface area contributed by atoms with E-state index in [4.69, 9.17) is 0 Å². The molecular weight excluding hydrogens is 254 g/mol. The summed E-state index contributed by atoms with van der Waals surface area (Å²) < 4.78 is 0. The number of pyridine rings is 1. The van der Waals surface area contributed by atoms with E-state index >= 15 is 0 Å². The van der Waals surface area contributed by atoms with Gasteiger partial charge in [0.25, 0.3) is 0 Å². The first kappa shape index (κ1) is 13.0. The van der Waals surface area contributed by atoms with Crippen molar-refractivity contribution in [2.75, 3.05) is 5.32 Å². The van der Waals surface area contributed by atoms with Gasteiger partial charge in [-0.2, -0.15) is 0 Å². The van der Waals surface area contributed by atoms with Gasteiger partial charge in [-0.1, -0.05) is 19.3 Å². The molecule has 1 fully saturated rings. The predicted molar refractivity (Wildman–Crippen MR) is 78.3 cm³/mol. The highest BCUT2D eigenvalue weighted by Gasteiger charge is 2.19. The van der Waals surface area contributed by atoms with Crippen LogP contribution < -0.4 is 5.32 Å². The Kier molecular flexibility index (Phi) is 3.34. The molecule has 3 N–H and O–H groups in total. The Hall–Kier alpha value is -2.04. The molecule has 0 amide bonds. The van der Waals surface area contributed by atoms with Crippen LogP contribution in [0.15, 0.2) is 12.4 Å². The zero-order valence-corrected chi connectivity index (χ0v) is 11.6. The van der Waals surface area contributed by atoms with Gasteiger partial charge in [0.2, 0.25) is 0 Å². The van der Waals surface area contributed by atoms with E-state index in [0.717, 1.165) is 35.1 Å². The van der Waals surface area contributed by atoms with Crippen LogP contribution in [-0.4, -0.2) is 27.1 Å². The average molecular weight is 273 g/mol. The van der Waals surface area contributed by atoms with Crippen LogP contribution in [0.25, 0.3) is 10.9 Å². The smallest absolute Gasteiger partial charge is 0.337 e. The summed E-state index contributed by atoms with van der Waals surface area (Å²) in [4.78, 5) is 18.8. The van der Waals surface area contributed by atoms with Gasteiger partial charge in [-0.25, -0.2) is 9.78 Å². The fourth-order valence-corrected chi connectivity index (χ4v) is 3.03. The largest absolute Gasteiger partial charge is 0.478 e. The van der Waals surface area contributed by atoms with E-state index in [0.29, 0.717) is 6.04 Å². The van der Waals surface area contributed by atoms with Crippen LogP contribution >= 0.6 is 0 Å². The summed E-state index contributed by atoms with van der Waals surface area (Å²) in [6, 6.07) is 0.443. The molecule has 2 aromatic heterocycles. The number of nitrogens with one attached hydrogen (secondary N) is 2. The molecule has 3 rings (SSSR count). The Morgan fingerprint density at radius 3 is 2.85 bits per heavy atom. The van der Waals surface area contributed by atoms with Gasteiger partial charge in [0.1, 0.15) is 0 Å². The summed E-state index contributed by atoms with van der Waals surface area (Å²) in [5.74, 6) is -0.167. The molecule has 2 heterocycles. The minimum atomic E-state index is -0.936. The number of fused-ring (bicyclic) bond motifs is 1. The van der Waals surface area contributed by atoms with E-state index in [2.05, 4.69) is 15.3 Å². The van der Waals surface area contributed by atoms with Crippen molar-refractivity contribution in [1.82, 2.24) is 9.97 Å². The lowest BCUT2D eigenvalue weighted by atomic mass is 9.95. The lowest BCUT2D eigenvalue weighted by Gasteiger charge is -2.23. The number of aromatic carboxylic acids is 1. The molecule has 0 atom stereocenters. The van der Waals surface area contributed by atoms with E-state index in [1.54, 1.807) is 0 Å². The van der Waals surface area contributed by atoms with Crippen molar-refractivity contribution in [3.63, 3.8) is 0 Å². The van der Waals surface area contributed by atoms with E-state index < -0.39 is 5.97 Å². The van der Waals surface area contributed by atoms with Gasteiger partial charge in [-0.3, -0.25) is 0 Å². The molecule has 0 spiro atoms. The number of hydrogen-bond acceptors (Lipinski definition) is 3. The van der Waals surface area contributed by atoms with Gasteiger partial charge < -0.3 is 15.4 Å². The van der Waals surface area contributed by atoms with E-state index in [1.165, 1.54) is 25.5 Å². The second-order valence-electron chi connectivity index (χ2n) is 5.53. The Bertz CT molecular complexity index is 642. The van der Waals surface area contributed by atoms with Gasteiger partial charge >= 0.3 is 5.97 Å². The highest BCUT2D eigenvalue weighted by molar-refractivity contribution is 6.06. The minimum Gasteiger partial charge on any atom is -0.478 e. The van der Waals surface area contributed by atoms with Gasteiger partial charge in [-0.15, -0.1) is 0 Å². The maximum atomic E-state index is 11.3. The third kappa shape index (κ3) is 2.24. The van der Waals surface area contributed by atoms with Crippen LogP contribution in [-0.2, 0) is 0 Å². The average Bonchev–Trinajstić information content (AvgIpc) is 2.83. The third-order valence-corrected chi connectivity index (χ3v) is 4.08. The van der Waals surface area contributed by atoms with Crippen molar-refractivity contribution in [3.8, 4) is 0 Å². The lowest BCUT2D eigenvalue weighted by Crippen LogP contribution is -2.23. The number of anilines is 1. The van der Waals surface area contributed by atoms with E-state index in [9.17, 15) is 9.90 Å². The quantitative estimate of drug-likeness (QED) is 0.801. The number of carboxylic acids is 1. The second kappa shape index (κ2) is 5.15. The fourth-order valence-electron chi connectivity index (χ4n) is 3.03. The maximum absolute atomic E-state index is 11.3. The third-order valence-electron chi connectivity index (χ3n) is 4.08. The normalized spacial score (nSPS) is 16.4. The molecule has 5 nitrogen and oxygen atoms in total. The number of rotatable bonds is 3. The summed E-state index contributed by atoms with van der Waals surface area (Å²) in [5.41, 5.74) is 1.99.